The molecule has 0 rings (SSSR count). The van der Waals surface area contributed by atoms with E-state index in [0.29, 0.717) is 23.1 Å². The van der Waals surface area contributed by atoms with Crippen LogP contribution >= 0.6 is 25.3 Å². The Hall–Kier alpha value is -3.74. The van der Waals surface area contributed by atoms with Crippen LogP contribution in [0.5, 0.6) is 0 Å². The summed E-state index contributed by atoms with van der Waals surface area (Å²) < 4.78 is 0. The number of thiol groups is 2. The molecule has 0 radical (unpaired) electrons. The van der Waals surface area contributed by atoms with E-state index in [4.69, 9.17) is 27.4 Å². The van der Waals surface area contributed by atoms with Gasteiger partial charge in [-0.1, -0.05) is 0 Å². The number of carbonyl (C=O) groups is 8. The number of nitrogens with one attached hydrogen (secondary N) is 3. The lowest BCUT2D eigenvalue weighted by molar-refractivity contribution is -0.209. The Morgan fingerprint density at radius 1 is 0.640 bits per heavy atom. The second-order valence-electron chi connectivity index (χ2n) is 10.8. The van der Waals surface area contributed by atoms with Gasteiger partial charge >= 0.3 is 23.9 Å². The van der Waals surface area contributed by atoms with Gasteiger partial charge in [0.15, 0.2) is 0 Å². The third-order valence-electron chi connectivity index (χ3n) is 6.79. The minimum Gasteiger partial charge on any atom is -0.480 e. The molecule has 0 heterocycles. The lowest BCUT2D eigenvalue weighted by atomic mass is 10.1. The lowest BCUT2D eigenvalue weighted by Gasteiger charge is -2.42. The van der Waals surface area contributed by atoms with Crippen molar-refractivity contribution in [2.45, 2.75) is 69.1 Å². The molecule has 286 valence electrons. The largest absolute Gasteiger partial charge is 0.480 e. The molecule has 0 saturated carbocycles. The fraction of sp³-hybridized carbons (Fsp3) is 0.704. The fourth-order valence-electron chi connectivity index (χ4n) is 4.12. The van der Waals surface area contributed by atoms with E-state index >= 15 is 0 Å². The molecule has 0 bridgehead atoms. The van der Waals surface area contributed by atoms with Gasteiger partial charge in [0.05, 0.1) is 0 Å². The van der Waals surface area contributed by atoms with Crippen molar-refractivity contribution < 1.29 is 58.8 Å². The van der Waals surface area contributed by atoms with E-state index in [-0.39, 0.29) is 32.4 Å². The maximum absolute atomic E-state index is 13.9. The Balaban J connectivity index is 6.59. The van der Waals surface area contributed by atoms with E-state index in [1.165, 1.54) is 0 Å². The number of nitrogens with two attached hydrogens (primary N) is 3. The summed E-state index contributed by atoms with van der Waals surface area (Å²) >= 11 is 8.17. The number of carboxylic acids is 4. The first-order valence-corrected chi connectivity index (χ1v) is 16.8. The van der Waals surface area contributed by atoms with E-state index < -0.39 is 109 Å². The highest BCUT2D eigenvalue weighted by Gasteiger charge is 2.38. The van der Waals surface area contributed by atoms with Crippen molar-refractivity contribution in [2.75, 3.05) is 50.8 Å². The van der Waals surface area contributed by atoms with Crippen LogP contribution in [0.4, 0.5) is 0 Å². The van der Waals surface area contributed by atoms with Gasteiger partial charge in [0, 0.05) is 30.9 Å². The van der Waals surface area contributed by atoms with Crippen molar-refractivity contribution in [1.82, 2.24) is 31.1 Å². The van der Waals surface area contributed by atoms with E-state index in [1.54, 1.807) is 0 Å². The predicted octanol–water partition coefficient (Wildman–Crippen LogP) is -4.12. The van der Waals surface area contributed by atoms with Crippen molar-refractivity contribution in [2.24, 2.45) is 17.2 Å². The van der Waals surface area contributed by atoms with Gasteiger partial charge in [0.2, 0.25) is 11.8 Å². The van der Waals surface area contributed by atoms with Gasteiger partial charge in [-0.3, -0.25) is 38.4 Å². The third-order valence-corrected chi connectivity index (χ3v) is 7.52. The Labute approximate surface area is 299 Å². The molecule has 50 heavy (non-hydrogen) atoms. The van der Waals surface area contributed by atoms with Crippen LogP contribution in [0.15, 0.2) is 0 Å². The number of aliphatic carboxylic acids is 4. The molecule has 23 heteroatoms. The molecule has 0 aromatic heterocycles. The fourth-order valence-corrected chi connectivity index (χ4v) is 4.62. The molecular formula is C27H49N9O12S2. The van der Waals surface area contributed by atoms with Crippen molar-refractivity contribution in [3.63, 3.8) is 0 Å². The quantitative estimate of drug-likeness (QED) is 0.0205. The Morgan fingerprint density at radius 3 is 1.38 bits per heavy atom. The van der Waals surface area contributed by atoms with E-state index in [9.17, 15) is 48.6 Å². The number of nitrogens with zero attached hydrogens (tertiary/aromatic N) is 3. The maximum Gasteiger partial charge on any atom is 0.324 e. The molecule has 21 nitrogen and oxygen atoms in total. The van der Waals surface area contributed by atoms with Crippen LogP contribution < -0.4 is 33.2 Å². The zero-order chi connectivity index (χ0) is 38.4. The highest BCUT2D eigenvalue weighted by Crippen LogP contribution is 2.13. The van der Waals surface area contributed by atoms with Crippen LogP contribution in [0.2, 0.25) is 0 Å². The Morgan fingerprint density at radius 2 is 1.04 bits per heavy atom. The summed E-state index contributed by atoms with van der Waals surface area (Å²) in [6.07, 6.45) is 0.149. The van der Waals surface area contributed by atoms with Crippen molar-refractivity contribution >= 4 is 72.8 Å². The van der Waals surface area contributed by atoms with Gasteiger partial charge in [-0.05, 0) is 51.7 Å². The number of hydrazine groups is 2. The number of carboxylic acid groups (broad SMARTS) is 4. The normalized spacial score (nSPS) is 13.4. The Kier molecular flexibility index (Phi) is 23.4. The summed E-state index contributed by atoms with van der Waals surface area (Å²) in [5, 5.41) is 47.1. The first-order chi connectivity index (χ1) is 23.5. The molecule has 4 amide bonds. The molecule has 0 saturated heterocycles. The van der Waals surface area contributed by atoms with E-state index in [2.05, 4.69) is 41.2 Å². The predicted molar refractivity (Wildman–Crippen MR) is 182 cm³/mol. The number of amides is 4. The summed E-state index contributed by atoms with van der Waals surface area (Å²) in [7, 11) is 0. The smallest absolute Gasteiger partial charge is 0.324 e. The van der Waals surface area contributed by atoms with Crippen LogP contribution in [-0.4, -0.2) is 158 Å². The molecule has 0 aliphatic carbocycles. The van der Waals surface area contributed by atoms with Crippen molar-refractivity contribution in [3.8, 4) is 0 Å². The summed E-state index contributed by atoms with van der Waals surface area (Å²) in [5.41, 5.74) is 16.4. The minimum absolute atomic E-state index is 0.116. The molecule has 0 aromatic carbocycles. The molecule has 0 aromatic rings. The Bertz CT molecular complexity index is 1090. The molecule has 0 aliphatic rings. The highest BCUT2D eigenvalue weighted by molar-refractivity contribution is 7.80. The summed E-state index contributed by atoms with van der Waals surface area (Å²) in [6.45, 7) is -1.30. The average molecular weight is 756 g/mol. The standard InChI is InChI=1S/C27H49N9O12S2/c28-8-1-2-9-31-10-3-11-36(34(12-22(39)40)24(43)18(14-49)32-20(37)6-4-16(29)26(45)46)35(13-23(41)42)25(44)19(15-50)33-21(38)7-5-17(30)27(47)48/h16-19,31,49-50H,1-15,28-30H2,(H,32,37)(H,33,38)(H,39,40)(H,41,42)(H,45,46)(H,47,48). The van der Waals surface area contributed by atoms with Crippen LogP contribution in [0.1, 0.15) is 44.9 Å². The van der Waals surface area contributed by atoms with Crippen molar-refractivity contribution in [3.05, 3.63) is 0 Å². The highest BCUT2D eigenvalue weighted by atomic mass is 32.1. The van der Waals surface area contributed by atoms with Gasteiger partial charge in [-0.2, -0.15) is 25.3 Å². The first kappa shape index (κ1) is 46.3. The van der Waals surface area contributed by atoms with Gasteiger partial charge in [0.25, 0.3) is 11.8 Å². The van der Waals surface area contributed by atoms with Gasteiger partial charge in [-0.15, -0.1) is 5.12 Å². The SMILES string of the molecule is NCCCCNCCCN(N(CC(=O)O)C(=O)C(CS)NC(=O)CCC(N)C(=O)O)N(CC(=O)O)C(=O)C(CS)NC(=O)CCC(N)C(=O)O. The molecular weight excluding hydrogens is 706 g/mol. The molecule has 0 fully saturated rings. The number of hydrogen-bond acceptors (Lipinski definition) is 15. The average Bonchev–Trinajstić information content (AvgIpc) is 3.05. The first-order valence-electron chi connectivity index (χ1n) is 15.5. The zero-order valence-corrected chi connectivity index (χ0v) is 29.2. The maximum atomic E-state index is 13.9. The van der Waals surface area contributed by atoms with Crippen LogP contribution in [-0.2, 0) is 38.4 Å². The molecule has 0 aliphatic heterocycles. The monoisotopic (exact) mass is 755 g/mol. The third kappa shape index (κ3) is 18.3. The minimum atomic E-state index is -1.59. The van der Waals surface area contributed by atoms with E-state index in [1.807, 2.05) is 0 Å². The summed E-state index contributed by atoms with van der Waals surface area (Å²) in [4.78, 5) is 99.0. The molecule has 4 unspecified atom stereocenters. The van der Waals surface area contributed by atoms with E-state index in [0.717, 1.165) is 18.0 Å². The topological polar surface area (TPSA) is 341 Å². The number of carbonyl (C=O) groups excluding carboxylic acids is 4. The van der Waals surface area contributed by atoms with Crippen LogP contribution in [0.3, 0.4) is 0 Å². The summed E-state index contributed by atoms with van der Waals surface area (Å²) in [6, 6.07) is -5.83. The number of rotatable bonds is 28. The van der Waals surface area contributed by atoms with Gasteiger partial charge in [0.1, 0.15) is 37.3 Å². The number of hydrogen-bond donors (Lipinski definition) is 12. The molecule has 4 atom stereocenters. The van der Waals surface area contributed by atoms with Crippen LogP contribution in [0.25, 0.3) is 0 Å². The lowest BCUT2D eigenvalue weighted by Crippen LogP contribution is -2.66. The van der Waals surface area contributed by atoms with Crippen molar-refractivity contribution in [1.29, 1.82) is 0 Å². The summed E-state index contributed by atoms with van der Waals surface area (Å²) in [5.74, 6) is -10.6. The second kappa shape index (κ2) is 25.2. The zero-order valence-electron chi connectivity index (χ0n) is 27.4. The second-order valence-corrected chi connectivity index (χ2v) is 11.6. The van der Waals surface area contributed by atoms with Gasteiger partial charge in [-0.25, -0.2) is 10.0 Å². The molecule has 13 N–H and O–H groups in total. The van der Waals surface area contributed by atoms with Crippen LogP contribution in [0, 0.1) is 0 Å². The van der Waals surface area contributed by atoms with Gasteiger partial charge < -0.3 is 53.6 Å². The number of unbranched alkanes of at least 4 members (excludes halogenated alkanes) is 1. The molecule has 0 spiro atoms.